The number of rotatable bonds is 7. The molecule has 284 valence electrons. The zero-order chi connectivity index (χ0) is 39.5. The first-order valence-electron chi connectivity index (χ1n) is 17.3. The van der Waals surface area contributed by atoms with Crippen molar-refractivity contribution in [2.45, 2.75) is 65.6 Å². The third kappa shape index (κ3) is 8.95. The molecular formula is C39H43F2N7O6. The molecule has 2 aromatic carbocycles. The molecule has 13 nitrogen and oxygen atoms in total. The minimum absolute atomic E-state index is 0.00246. The number of pyridine rings is 1. The molecule has 2 aromatic heterocycles. The molecule has 0 unspecified atom stereocenters. The fourth-order valence-electron chi connectivity index (χ4n) is 5.63. The number of benzene rings is 2. The number of amides is 2. The van der Waals surface area contributed by atoms with Crippen molar-refractivity contribution >= 4 is 23.5 Å². The highest BCUT2D eigenvalue weighted by molar-refractivity contribution is 6.03. The zero-order valence-electron chi connectivity index (χ0n) is 31.2. The molecule has 54 heavy (non-hydrogen) atoms. The smallest absolute Gasteiger partial charge is 0.410 e. The molecule has 0 spiro atoms. The quantitative estimate of drug-likeness (QED) is 0.232. The number of aromatic nitrogens is 3. The van der Waals surface area contributed by atoms with Crippen LogP contribution in [-0.4, -0.2) is 73.2 Å². The van der Waals surface area contributed by atoms with E-state index in [0.717, 1.165) is 29.0 Å². The Morgan fingerprint density at radius 1 is 0.944 bits per heavy atom. The van der Waals surface area contributed by atoms with Gasteiger partial charge in [-0.2, -0.15) is 0 Å². The summed E-state index contributed by atoms with van der Waals surface area (Å²) in [5.74, 6) is 3.99. The summed E-state index contributed by atoms with van der Waals surface area (Å²) in [5.41, 5.74) is 3.24. The number of piperazine rings is 1. The van der Waals surface area contributed by atoms with Crippen LogP contribution in [0.25, 0.3) is 5.69 Å². The summed E-state index contributed by atoms with van der Waals surface area (Å²) in [6.07, 6.45) is 2.18. The minimum atomic E-state index is -0.934. The number of nitrogens with one attached hydrogen (secondary N) is 1. The van der Waals surface area contributed by atoms with E-state index in [-0.39, 0.29) is 40.3 Å². The van der Waals surface area contributed by atoms with Gasteiger partial charge in [0.25, 0.3) is 11.5 Å². The molecule has 0 atom stereocenters. The first kappa shape index (κ1) is 39.2. The maximum absolute atomic E-state index is 15.5. The number of nitrogens with two attached hydrogens (primary N) is 1. The van der Waals surface area contributed by atoms with Gasteiger partial charge in [0.15, 0.2) is 11.6 Å². The van der Waals surface area contributed by atoms with Crippen molar-refractivity contribution in [3.8, 4) is 29.0 Å². The van der Waals surface area contributed by atoms with Crippen molar-refractivity contribution in [1.82, 2.24) is 23.9 Å². The number of nitrogen functional groups attached to an aromatic ring is 1. The minimum Gasteiger partial charge on any atom is -0.453 e. The topological polar surface area (TPSA) is 154 Å². The van der Waals surface area contributed by atoms with Crippen LogP contribution >= 0.6 is 0 Å². The van der Waals surface area contributed by atoms with Crippen molar-refractivity contribution < 1.29 is 27.8 Å². The summed E-state index contributed by atoms with van der Waals surface area (Å²) < 4.78 is 42.5. The second kappa shape index (κ2) is 15.5. The van der Waals surface area contributed by atoms with Crippen molar-refractivity contribution in [3.63, 3.8) is 0 Å². The van der Waals surface area contributed by atoms with Crippen molar-refractivity contribution in [2.75, 3.05) is 37.2 Å². The molecule has 1 fully saturated rings. The van der Waals surface area contributed by atoms with E-state index in [1.165, 1.54) is 41.1 Å². The first-order valence-corrected chi connectivity index (χ1v) is 17.3. The Kier molecular flexibility index (Phi) is 11.3. The van der Waals surface area contributed by atoms with Crippen LogP contribution in [0.2, 0.25) is 0 Å². The average molecular weight is 744 g/mol. The Balaban J connectivity index is 1.33. The zero-order valence-corrected chi connectivity index (χ0v) is 31.2. The number of hydrogen-bond donors (Lipinski definition) is 2. The summed E-state index contributed by atoms with van der Waals surface area (Å²) >= 11 is 0. The van der Waals surface area contributed by atoms with Crippen LogP contribution in [0, 0.1) is 23.5 Å². The van der Waals surface area contributed by atoms with Gasteiger partial charge in [-0.15, -0.1) is 0 Å². The van der Waals surface area contributed by atoms with Gasteiger partial charge in [-0.3, -0.25) is 19.1 Å². The first-order chi connectivity index (χ1) is 25.3. The number of carbonyl (C=O) groups is 2. The monoisotopic (exact) mass is 743 g/mol. The molecule has 1 aliphatic rings. The lowest BCUT2D eigenvalue weighted by Crippen LogP contribution is -2.55. The van der Waals surface area contributed by atoms with Crippen molar-refractivity contribution in [2.24, 2.45) is 0 Å². The van der Waals surface area contributed by atoms with Crippen LogP contribution in [0.3, 0.4) is 0 Å². The molecule has 4 aromatic rings. The molecule has 0 bridgehead atoms. The standard InChI is InChI=1S/C39H43F2N7O6/c1-24(2)47-23-29(35(50)48(36(47)51)27-11-8-25(40)9-12-27)34(49)44-26-10-13-32(30(41)22-26)53-31-15-17-43-33(42)28(31)14-16-39(6,7)46-20-18-45(19-21-46)37(52)54-38(3,4)5/h8-13,15,17,22-24H,18-21H2,1-7H3,(H2,42,43)(H,44,49). The van der Waals surface area contributed by atoms with E-state index in [0.29, 0.717) is 26.2 Å². The van der Waals surface area contributed by atoms with E-state index < -0.39 is 51.5 Å². The van der Waals surface area contributed by atoms with Gasteiger partial charge in [0.2, 0.25) is 0 Å². The molecule has 5 rings (SSSR count). The van der Waals surface area contributed by atoms with Crippen LogP contribution in [0.5, 0.6) is 11.5 Å². The van der Waals surface area contributed by atoms with Gasteiger partial charge in [-0.25, -0.2) is 27.9 Å². The van der Waals surface area contributed by atoms with Crippen LogP contribution in [0.4, 0.5) is 25.1 Å². The third-order valence-electron chi connectivity index (χ3n) is 8.57. The summed E-state index contributed by atoms with van der Waals surface area (Å²) in [6.45, 7) is 14.8. The summed E-state index contributed by atoms with van der Waals surface area (Å²) in [4.78, 5) is 60.4. The van der Waals surface area contributed by atoms with Gasteiger partial charge in [-0.1, -0.05) is 11.8 Å². The Bertz CT molecular complexity index is 2240. The normalized spacial score (nSPS) is 13.6. The van der Waals surface area contributed by atoms with E-state index in [9.17, 15) is 23.6 Å². The lowest BCUT2D eigenvalue weighted by atomic mass is 10.0. The van der Waals surface area contributed by atoms with Gasteiger partial charge in [0.05, 0.1) is 11.2 Å². The molecule has 1 aliphatic heterocycles. The number of nitrogens with zero attached hydrogens (tertiary/aromatic N) is 5. The number of anilines is 2. The van der Waals surface area contributed by atoms with E-state index in [1.807, 2.05) is 34.6 Å². The van der Waals surface area contributed by atoms with Crippen LogP contribution in [0.1, 0.15) is 70.4 Å². The largest absolute Gasteiger partial charge is 0.453 e. The maximum Gasteiger partial charge on any atom is 0.410 e. The second-order valence-corrected chi connectivity index (χ2v) is 14.5. The Labute approximate surface area is 311 Å². The molecule has 3 N–H and O–H groups in total. The van der Waals surface area contributed by atoms with Crippen LogP contribution < -0.4 is 27.0 Å². The van der Waals surface area contributed by atoms with E-state index >= 15 is 4.39 Å². The lowest BCUT2D eigenvalue weighted by Gasteiger charge is -2.41. The van der Waals surface area contributed by atoms with E-state index in [4.69, 9.17) is 15.2 Å². The molecule has 0 saturated carbocycles. The van der Waals surface area contributed by atoms with Crippen molar-refractivity contribution in [1.29, 1.82) is 0 Å². The van der Waals surface area contributed by atoms with Gasteiger partial charge < -0.3 is 25.4 Å². The van der Waals surface area contributed by atoms with Gasteiger partial charge in [0, 0.05) is 62.4 Å². The molecule has 1 saturated heterocycles. The van der Waals surface area contributed by atoms with Crippen LogP contribution in [-0.2, 0) is 4.74 Å². The predicted molar refractivity (Wildman–Crippen MR) is 200 cm³/mol. The highest BCUT2D eigenvalue weighted by Crippen LogP contribution is 2.31. The predicted octanol–water partition coefficient (Wildman–Crippen LogP) is 5.56. The van der Waals surface area contributed by atoms with E-state index in [2.05, 4.69) is 27.0 Å². The average Bonchev–Trinajstić information content (AvgIpc) is 3.09. The van der Waals surface area contributed by atoms with Gasteiger partial charge in [0.1, 0.15) is 34.1 Å². The van der Waals surface area contributed by atoms with Gasteiger partial charge in [-0.05, 0) is 84.9 Å². The van der Waals surface area contributed by atoms with Gasteiger partial charge >= 0.3 is 11.8 Å². The maximum atomic E-state index is 15.5. The molecule has 0 radical (unpaired) electrons. The number of halogens is 2. The number of ether oxygens (including phenoxy) is 2. The third-order valence-corrected chi connectivity index (χ3v) is 8.57. The lowest BCUT2D eigenvalue weighted by molar-refractivity contribution is 0.00781. The number of hydrogen-bond acceptors (Lipinski definition) is 9. The highest BCUT2D eigenvalue weighted by atomic mass is 19.1. The summed E-state index contributed by atoms with van der Waals surface area (Å²) in [6, 6.07) is 9.44. The Morgan fingerprint density at radius 3 is 2.22 bits per heavy atom. The molecule has 2 amide bonds. The molecule has 0 aliphatic carbocycles. The summed E-state index contributed by atoms with van der Waals surface area (Å²) in [5, 5.41) is 2.50. The fraction of sp³-hybridized carbons (Fsp3) is 0.359. The summed E-state index contributed by atoms with van der Waals surface area (Å²) in [7, 11) is 0. The second-order valence-electron chi connectivity index (χ2n) is 14.5. The molecule has 15 heteroatoms. The SMILES string of the molecule is CC(C)n1cc(C(=O)Nc2ccc(Oc3ccnc(N)c3C#CC(C)(C)N3CCN(C(=O)OC(C)(C)C)CC3)c(F)c2)c(=O)n(-c2ccc(F)cc2)c1=O. The Hall–Kier alpha value is -6.01. The number of carbonyl (C=O) groups excluding carboxylic acids is 2. The highest BCUT2D eigenvalue weighted by Gasteiger charge is 2.32. The Morgan fingerprint density at radius 2 is 1.61 bits per heavy atom. The van der Waals surface area contributed by atoms with Crippen LogP contribution in [0.15, 0.2) is 70.5 Å². The van der Waals surface area contributed by atoms with Crippen molar-refractivity contribution in [3.05, 3.63) is 105 Å². The molecular weight excluding hydrogens is 700 g/mol. The van der Waals surface area contributed by atoms with E-state index in [1.54, 1.807) is 18.7 Å². The fourth-order valence-corrected chi connectivity index (χ4v) is 5.63. The molecule has 3 heterocycles.